The van der Waals surface area contributed by atoms with Gasteiger partial charge in [-0.2, -0.15) is 0 Å². The first kappa shape index (κ1) is 6.10. The van der Waals surface area contributed by atoms with Crippen molar-refractivity contribution in [1.29, 1.82) is 0 Å². The largest absolute Gasteiger partial charge is 0.513 e. The van der Waals surface area contributed by atoms with E-state index in [0.29, 0.717) is 0 Å². The Hall–Kier alpha value is -0.805. The van der Waals surface area contributed by atoms with Gasteiger partial charge in [-0.25, -0.2) is 4.98 Å². The number of rotatable bonds is 3. The highest BCUT2D eigenvalue weighted by molar-refractivity contribution is 6.61. The molecule has 100 valence electrons. The molecule has 2 rings (SSSR count). The number of nitrogens with zero attached hydrogens (tertiary/aromatic N) is 1. The molecule has 1 saturated heterocycles. The van der Waals surface area contributed by atoms with Crippen molar-refractivity contribution >= 4 is 12.7 Å². The van der Waals surface area contributed by atoms with E-state index in [1.54, 1.807) is 0 Å². The highest BCUT2D eigenvalue weighted by Gasteiger charge is 2.52. The lowest BCUT2D eigenvalue weighted by Crippen LogP contribution is -2.41. The molecular weight excluding hydrogens is 227 g/mol. The van der Waals surface area contributed by atoms with Gasteiger partial charge in [0.1, 0.15) is 5.82 Å². The molecule has 0 amide bonds. The number of nitrogens with one attached hydrogen (secondary N) is 1. The van der Waals surface area contributed by atoms with Crippen LogP contribution in [0.15, 0.2) is 6.20 Å². The van der Waals surface area contributed by atoms with Crippen LogP contribution in [0.5, 0.6) is 0 Å². The molecular formula is C13H23BN2O2. The fraction of sp³-hybridized carbons (Fsp3) is 0.769. The summed E-state index contributed by atoms with van der Waals surface area (Å²) in [6, 6.07) is 0. The van der Waals surface area contributed by atoms with E-state index >= 15 is 0 Å². The highest BCUT2D eigenvalue weighted by atomic mass is 16.7. The lowest BCUT2D eigenvalue weighted by molar-refractivity contribution is 0.00578. The van der Waals surface area contributed by atoms with Crippen molar-refractivity contribution < 1.29 is 21.6 Å². The van der Waals surface area contributed by atoms with Crippen molar-refractivity contribution in [2.24, 2.45) is 5.89 Å². The van der Waals surface area contributed by atoms with Gasteiger partial charge >= 0.3 is 7.12 Å². The van der Waals surface area contributed by atoms with Crippen molar-refractivity contribution in [3.8, 4) is 0 Å². The zero-order valence-corrected chi connectivity index (χ0v) is 10.9. The standard InChI is InChI=1S/C13H23BN2O2/c1-9(2)7-11-15-8-10(16-11)14-17-12(3,4)13(5,6)18-14/h8-9H,7H2,1-6H3,(H,15,16)/i1D3,2D3,7D2,9D. The molecule has 0 atom stereocenters. The summed E-state index contributed by atoms with van der Waals surface area (Å²) >= 11 is 0. The first-order chi connectivity index (χ1) is 11.8. The minimum absolute atomic E-state index is 0.200. The molecule has 1 aromatic rings. The Morgan fingerprint density at radius 3 is 2.61 bits per heavy atom. The summed E-state index contributed by atoms with van der Waals surface area (Å²) < 4.78 is 80.9. The third-order valence-electron chi connectivity index (χ3n) is 3.35. The molecule has 2 heterocycles. The minimum atomic E-state index is -3.43. The highest BCUT2D eigenvalue weighted by Crippen LogP contribution is 2.36. The molecule has 5 heteroatoms. The molecule has 1 fully saturated rings. The Morgan fingerprint density at radius 1 is 1.44 bits per heavy atom. The molecule has 0 saturated carbocycles. The Balaban J connectivity index is 2.45. The van der Waals surface area contributed by atoms with Crippen LogP contribution >= 0.6 is 0 Å². The zero-order chi connectivity index (χ0) is 21.3. The van der Waals surface area contributed by atoms with E-state index in [4.69, 9.17) is 21.6 Å². The van der Waals surface area contributed by atoms with E-state index in [-0.39, 0.29) is 5.59 Å². The summed E-state index contributed by atoms with van der Waals surface area (Å²) in [7, 11) is -0.923. The van der Waals surface area contributed by atoms with E-state index in [1.165, 1.54) is 6.20 Å². The van der Waals surface area contributed by atoms with Crippen LogP contribution in [0.25, 0.3) is 0 Å². The fourth-order valence-corrected chi connectivity index (χ4v) is 1.61. The molecule has 0 spiro atoms. The van der Waals surface area contributed by atoms with Gasteiger partial charge in [-0.05, 0) is 33.6 Å². The van der Waals surface area contributed by atoms with Crippen molar-refractivity contribution in [3.63, 3.8) is 0 Å². The normalized spacial score (nSPS) is 32.0. The number of H-pyrrole nitrogens is 1. The first-order valence-electron chi connectivity index (χ1n) is 10.2. The molecule has 0 aromatic carbocycles. The average Bonchev–Trinajstić information content (AvgIpc) is 2.99. The van der Waals surface area contributed by atoms with Crippen LogP contribution in [0.1, 0.15) is 59.6 Å². The van der Waals surface area contributed by atoms with Gasteiger partial charge in [0, 0.05) is 24.9 Å². The van der Waals surface area contributed by atoms with E-state index in [2.05, 4.69) is 9.97 Å². The van der Waals surface area contributed by atoms with Gasteiger partial charge in [-0.3, -0.25) is 0 Å². The lowest BCUT2D eigenvalue weighted by Gasteiger charge is -2.32. The summed E-state index contributed by atoms with van der Waals surface area (Å²) in [5.41, 5.74) is -1.14. The van der Waals surface area contributed by atoms with Crippen molar-refractivity contribution in [2.45, 2.75) is 59.0 Å². The molecule has 0 aliphatic carbocycles. The van der Waals surface area contributed by atoms with Crippen LogP contribution in [-0.2, 0) is 15.7 Å². The number of hydrogen-bond acceptors (Lipinski definition) is 3. The molecule has 0 unspecified atom stereocenters. The minimum Gasteiger partial charge on any atom is -0.398 e. The predicted octanol–water partition coefficient (Wildman–Crippen LogP) is 1.91. The monoisotopic (exact) mass is 259 g/mol. The van der Waals surface area contributed by atoms with Gasteiger partial charge < -0.3 is 14.3 Å². The second-order valence-electron chi connectivity index (χ2n) is 5.28. The average molecular weight is 259 g/mol. The molecule has 18 heavy (non-hydrogen) atoms. The van der Waals surface area contributed by atoms with Crippen molar-refractivity contribution in [2.75, 3.05) is 0 Å². The summed E-state index contributed by atoms with van der Waals surface area (Å²) in [6.45, 7) is 0.421. The first-order valence-corrected chi connectivity index (χ1v) is 5.69. The van der Waals surface area contributed by atoms with Crippen LogP contribution in [0.2, 0.25) is 0 Å². The zero-order valence-electron chi connectivity index (χ0n) is 19.9. The quantitative estimate of drug-likeness (QED) is 0.843. The molecule has 1 aliphatic heterocycles. The van der Waals surface area contributed by atoms with E-state index < -0.39 is 50.1 Å². The third-order valence-corrected chi connectivity index (χ3v) is 3.35. The van der Waals surface area contributed by atoms with Crippen LogP contribution in [-0.4, -0.2) is 28.3 Å². The van der Waals surface area contributed by atoms with Gasteiger partial charge in [-0.1, -0.05) is 13.7 Å². The van der Waals surface area contributed by atoms with Crippen LogP contribution < -0.4 is 5.59 Å². The van der Waals surface area contributed by atoms with Crippen LogP contribution in [0.4, 0.5) is 0 Å². The van der Waals surface area contributed by atoms with E-state index in [9.17, 15) is 0 Å². The number of aromatic amines is 1. The van der Waals surface area contributed by atoms with E-state index in [1.807, 2.05) is 27.7 Å². The SMILES string of the molecule is [2H]C([2H])([2H])C([2H])(C([2H])([2H])[2H])C([2H])([2H])c1ncc(B2OC(C)(C)C(C)(C)O2)[nH]1. The topological polar surface area (TPSA) is 47.1 Å². The maximum absolute atomic E-state index is 8.16. The van der Waals surface area contributed by atoms with Gasteiger partial charge in [0.05, 0.1) is 16.8 Å². The summed E-state index contributed by atoms with van der Waals surface area (Å²) in [5, 5.41) is 0. The second-order valence-corrected chi connectivity index (χ2v) is 5.28. The van der Waals surface area contributed by atoms with Crippen molar-refractivity contribution in [3.05, 3.63) is 12.0 Å². The maximum Gasteiger partial charge on any atom is 0.513 e. The van der Waals surface area contributed by atoms with Gasteiger partial charge in [0.15, 0.2) is 0 Å². The molecule has 1 aliphatic rings. The summed E-state index contributed by atoms with van der Waals surface area (Å²) in [5.74, 6) is -4.02. The van der Waals surface area contributed by atoms with Crippen LogP contribution in [0.3, 0.4) is 0 Å². The van der Waals surface area contributed by atoms with E-state index in [0.717, 1.165) is 0 Å². The van der Waals surface area contributed by atoms with Crippen molar-refractivity contribution in [1.82, 2.24) is 9.97 Å². The summed E-state index contributed by atoms with van der Waals surface area (Å²) in [6.07, 6.45) is -1.94. The number of hydrogen-bond donors (Lipinski definition) is 1. The summed E-state index contributed by atoms with van der Waals surface area (Å²) in [4.78, 5) is 6.38. The molecule has 4 nitrogen and oxygen atoms in total. The number of imidazole rings is 1. The Kier molecular flexibility index (Phi) is 1.49. The van der Waals surface area contributed by atoms with Gasteiger partial charge in [-0.15, -0.1) is 0 Å². The Morgan fingerprint density at radius 2 is 2.06 bits per heavy atom. The second kappa shape index (κ2) is 4.39. The lowest BCUT2D eigenvalue weighted by atomic mass is 9.86. The Labute approximate surface area is 122 Å². The Bertz CT molecular complexity index is 681. The molecule has 1 aromatic heterocycles. The number of aromatic nitrogens is 2. The van der Waals surface area contributed by atoms with Gasteiger partial charge in [0.25, 0.3) is 0 Å². The fourth-order valence-electron chi connectivity index (χ4n) is 1.61. The third kappa shape index (κ3) is 2.47. The van der Waals surface area contributed by atoms with Gasteiger partial charge in [0.2, 0.25) is 0 Å². The molecule has 0 bridgehead atoms. The predicted molar refractivity (Wildman–Crippen MR) is 72.8 cm³/mol. The molecule has 0 radical (unpaired) electrons. The smallest absolute Gasteiger partial charge is 0.398 e. The molecule has 1 N–H and O–H groups in total. The maximum atomic E-state index is 8.16. The van der Waals surface area contributed by atoms with Crippen LogP contribution in [0, 0.1) is 5.89 Å².